The molecule has 20 heavy (non-hydrogen) atoms. The van der Waals surface area contributed by atoms with Crippen molar-refractivity contribution in [3.05, 3.63) is 29.8 Å². The Morgan fingerprint density at radius 1 is 1.35 bits per heavy atom. The minimum absolute atomic E-state index is 0.628. The Morgan fingerprint density at radius 3 is 2.60 bits per heavy atom. The zero-order chi connectivity index (χ0) is 14.5. The molecule has 0 aliphatic carbocycles. The Morgan fingerprint density at radius 2 is 2.05 bits per heavy atom. The van der Waals surface area contributed by atoms with Crippen molar-refractivity contribution in [2.45, 2.75) is 45.2 Å². The monoisotopic (exact) mass is 276 g/mol. The van der Waals surface area contributed by atoms with E-state index in [9.17, 15) is 0 Å². The highest BCUT2D eigenvalue weighted by atomic mass is 16.5. The molecule has 3 nitrogen and oxygen atoms in total. The molecule has 1 aliphatic heterocycles. The van der Waals surface area contributed by atoms with E-state index >= 15 is 0 Å². The Hall–Kier alpha value is -1.06. The van der Waals surface area contributed by atoms with Crippen molar-refractivity contribution in [1.29, 1.82) is 0 Å². The van der Waals surface area contributed by atoms with E-state index in [0.717, 1.165) is 18.7 Å². The Labute approximate surface area is 123 Å². The summed E-state index contributed by atoms with van der Waals surface area (Å²) in [5.41, 5.74) is 7.20. The third-order valence-electron chi connectivity index (χ3n) is 4.62. The summed E-state index contributed by atoms with van der Waals surface area (Å²) in [5.74, 6) is 1.62. The number of benzene rings is 1. The molecule has 0 aromatic heterocycles. The molecule has 1 heterocycles. The van der Waals surface area contributed by atoms with Crippen LogP contribution in [0.15, 0.2) is 24.3 Å². The van der Waals surface area contributed by atoms with Gasteiger partial charge in [0.2, 0.25) is 0 Å². The average molecular weight is 276 g/mol. The fraction of sp³-hybridized carbons (Fsp3) is 0.647. The smallest absolute Gasteiger partial charge is 0.118 e. The fourth-order valence-corrected chi connectivity index (χ4v) is 3.29. The van der Waals surface area contributed by atoms with E-state index in [2.05, 4.69) is 30.9 Å². The summed E-state index contributed by atoms with van der Waals surface area (Å²) in [5, 5.41) is 0. The van der Waals surface area contributed by atoms with Crippen molar-refractivity contribution in [2.75, 3.05) is 20.2 Å². The Bertz CT molecular complexity index is 404. The van der Waals surface area contributed by atoms with Crippen molar-refractivity contribution in [1.82, 2.24) is 4.90 Å². The van der Waals surface area contributed by atoms with Gasteiger partial charge in [-0.2, -0.15) is 0 Å². The summed E-state index contributed by atoms with van der Waals surface area (Å²) in [7, 11) is 1.71. The van der Waals surface area contributed by atoms with Crippen LogP contribution in [-0.2, 0) is 6.42 Å². The lowest BCUT2D eigenvalue weighted by Gasteiger charge is -2.28. The Kier molecular flexibility index (Phi) is 5.44. The van der Waals surface area contributed by atoms with Crippen LogP contribution in [0, 0.1) is 5.92 Å². The number of methoxy groups -OCH3 is 1. The van der Waals surface area contributed by atoms with Crippen LogP contribution in [0.5, 0.6) is 5.75 Å². The maximum atomic E-state index is 5.81. The number of likely N-dealkylation sites (tertiary alicyclic amines) is 1. The van der Waals surface area contributed by atoms with Gasteiger partial charge in [0.1, 0.15) is 5.75 Å². The van der Waals surface area contributed by atoms with Crippen LogP contribution in [0.25, 0.3) is 0 Å². The lowest BCUT2D eigenvalue weighted by Crippen LogP contribution is -2.36. The van der Waals surface area contributed by atoms with Crippen molar-refractivity contribution in [2.24, 2.45) is 11.7 Å². The van der Waals surface area contributed by atoms with Gasteiger partial charge >= 0.3 is 0 Å². The highest BCUT2D eigenvalue weighted by molar-refractivity contribution is 5.27. The second-order valence-electron chi connectivity index (χ2n) is 6.12. The van der Waals surface area contributed by atoms with Crippen LogP contribution in [0.3, 0.4) is 0 Å². The second-order valence-corrected chi connectivity index (χ2v) is 6.12. The van der Waals surface area contributed by atoms with Crippen molar-refractivity contribution < 1.29 is 4.74 Å². The molecule has 1 fully saturated rings. The molecule has 1 aliphatic rings. The third-order valence-corrected chi connectivity index (χ3v) is 4.62. The molecule has 112 valence electrons. The molecule has 0 amide bonds. The van der Waals surface area contributed by atoms with E-state index in [0.29, 0.717) is 18.0 Å². The highest BCUT2D eigenvalue weighted by Gasteiger charge is 2.30. The molecule has 0 saturated carbocycles. The molecular weight excluding hydrogens is 248 g/mol. The Balaban J connectivity index is 1.83. The van der Waals surface area contributed by atoms with E-state index in [4.69, 9.17) is 10.5 Å². The molecule has 2 rings (SSSR count). The first-order valence-corrected chi connectivity index (χ1v) is 7.72. The topological polar surface area (TPSA) is 38.5 Å². The highest BCUT2D eigenvalue weighted by Crippen LogP contribution is 2.26. The van der Waals surface area contributed by atoms with Gasteiger partial charge in [-0.25, -0.2) is 0 Å². The summed E-state index contributed by atoms with van der Waals surface area (Å²) in [4.78, 5) is 2.63. The molecule has 3 unspecified atom stereocenters. The molecule has 1 aromatic carbocycles. The number of ether oxygens (including phenoxy) is 1. The summed E-state index contributed by atoms with van der Waals surface area (Å²) in [6, 6.07) is 9.73. The van der Waals surface area contributed by atoms with Gasteiger partial charge < -0.3 is 10.5 Å². The summed E-state index contributed by atoms with van der Waals surface area (Å²) in [6.07, 6.45) is 3.58. The lowest BCUT2D eigenvalue weighted by atomic mass is 10.0. The molecule has 3 atom stereocenters. The molecule has 3 heteroatoms. The van der Waals surface area contributed by atoms with Gasteiger partial charge in [-0.3, -0.25) is 4.90 Å². The van der Waals surface area contributed by atoms with Gasteiger partial charge in [-0.1, -0.05) is 12.1 Å². The largest absolute Gasteiger partial charge is 0.497 e. The first kappa shape index (κ1) is 15.3. The molecule has 0 bridgehead atoms. The maximum Gasteiger partial charge on any atom is 0.118 e. The summed E-state index contributed by atoms with van der Waals surface area (Å²) < 4.78 is 5.19. The van der Waals surface area contributed by atoms with Crippen molar-refractivity contribution >= 4 is 0 Å². The number of rotatable bonds is 6. The maximum absolute atomic E-state index is 5.81. The van der Waals surface area contributed by atoms with Gasteiger partial charge in [0.25, 0.3) is 0 Å². The SMILES string of the molecule is COc1ccc(CCC(C)N2CC(CN)CC2C)cc1. The number of nitrogens with zero attached hydrogens (tertiary/aromatic N) is 1. The number of aryl methyl sites for hydroxylation is 1. The van der Waals surface area contributed by atoms with Crippen LogP contribution in [0.2, 0.25) is 0 Å². The molecule has 0 radical (unpaired) electrons. The van der Waals surface area contributed by atoms with E-state index < -0.39 is 0 Å². The number of hydrogen-bond acceptors (Lipinski definition) is 3. The molecule has 2 N–H and O–H groups in total. The predicted octanol–water partition coefficient (Wildman–Crippen LogP) is 2.69. The van der Waals surface area contributed by atoms with Crippen molar-refractivity contribution in [3.8, 4) is 5.75 Å². The standard InChI is InChI=1S/C17H28N2O/c1-13(19-12-16(11-18)10-14(19)2)4-5-15-6-8-17(20-3)9-7-15/h6-9,13-14,16H,4-5,10-12,18H2,1-3H3. The second kappa shape index (κ2) is 7.09. The van der Waals surface area contributed by atoms with Gasteiger partial charge in [0.15, 0.2) is 0 Å². The molecule has 0 spiro atoms. The molecule has 1 aromatic rings. The minimum atomic E-state index is 0.628. The summed E-state index contributed by atoms with van der Waals surface area (Å²) in [6.45, 7) is 6.67. The van der Waals surface area contributed by atoms with Crippen LogP contribution < -0.4 is 10.5 Å². The van der Waals surface area contributed by atoms with Crippen LogP contribution in [0.4, 0.5) is 0 Å². The number of hydrogen-bond donors (Lipinski definition) is 1. The minimum Gasteiger partial charge on any atom is -0.497 e. The number of nitrogens with two attached hydrogens (primary N) is 1. The normalized spacial score (nSPS) is 24.8. The van der Waals surface area contributed by atoms with Crippen LogP contribution >= 0.6 is 0 Å². The zero-order valence-corrected chi connectivity index (χ0v) is 13.0. The summed E-state index contributed by atoms with van der Waals surface area (Å²) >= 11 is 0. The van der Waals surface area contributed by atoms with E-state index in [1.807, 2.05) is 12.1 Å². The fourth-order valence-electron chi connectivity index (χ4n) is 3.29. The van der Waals surface area contributed by atoms with Gasteiger partial charge in [-0.05, 0) is 63.3 Å². The van der Waals surface area contributed by atoms with Gasteiger partial charge in [0.05, 0.1) is 7.11 Å². The first-order chi connectivity index (χ1) is 9.63. The zero-order valence-electron chi connectivity index (χ0n) is 13.0. The van der Waals surface area contributed by atoms with Crippen LogP contribution in [0.1, 0.15) is 32.3 Å². The molecular formula is C17H28N2O. The van der Waals surface area contributed by atoms with E-state index in [-0.39, 0.29) is 0 Å². The van der Waals surface area contributed by atoms with Crippen LogP contribution in [-0.4, -0.2) is 37.2 Å². The quantitative estimate of drug-likeness (QED) is 0.868. The van der Waals surface area contributed by atoms with Crippen molar-refractivity contribution in [3.63, 3.8) is 0 Å². The predicted molar refractivity (Wildman–Crippen MR) is 84.1 cm³/mol. The van der Waals surface area contributed by atoms with E-state index in [1.54, 1.807) is 7.11 Å². The molecule has 1 saturated heterocycles. The van der Waals surface area contributed by atoms with E-state index in [1.165, 1.54) is 24.9 Å². The lowest BCUT2D eigenvalue weighted by molar-refractivity contribution is 0.190. The van der Waals surface area contributed by atoms with Gasteiger partial charge in [-0.15, -0.1) is 0 Å². The average Bonchev–Trinajstić information content (AvgIpc) is 2.86. The van der Waals surface area contributed by atoms with Gasteiger partial charge in [0, 0.05) is 18.6 Å². The first-order valence-electron chi connectivity index (χ1n) is 7.72. The third kappa shape index (κ3) is 3.74.